The molecule has 1 aromatic heterocycles. The highest BCUT2D eigenvalue weighted by Gasteiger charge is 2.37. The molecule has 1 aliphatic rings. The maximum Gasteiger partial charge on any atom is 0.335 e. The molecule has 2 aromatic carbocycles. The van der Waals surface area contributed by atoms with Gasteiger partial charge < -0.3 is 4.42 Å². The van der Waals surface area contributed by atoms with E-state index in [9.17, 15) is 14.4 Å². The number of urea groups is 1. The van der Waals surface area contributed by atoms with Crippen LogP contribution in [0.2, 0.25) is 0 Å². The number of hydrogen-bond donors (Lipinski definition) is 1. The molecule has 0 atom stereocenters. The van der Waals surface area contributed by atoms with Gasteiger partial charge in [-0.05, 0) is 66.2 Å². The number of hydrogen-bond acceptors (Lipinski definition) is 5. The third kappa shape index (κ3) is 4.50. The highest BCUT2D eigenvalue weighted by Crippen LogP contribution is 2.37. The summed E-state index contributed by atoms with van der Waals surface area (Å²) in [4.78, 5) is 39.5. The monoisotopic (exact) mass is 496 g/mol. The zero-order chi connectivity index (χ0) is 22.1. The van der Waals surface area contributed by atoms with Crippen molar-refractivity contribution in [1.82, 2.24) is 5.32 Å². The number of furan rings is 1. The molecule has 1 N–H and O–H groups in total. The lowest BCUT2D eigenvalue weighted by atomic mass is 10.1. The van der Waals surface area contributed by atoms with Gasteiger partial charge in [0.2, 0.25) is 0 Å². The minimum atomic E-state index is -0.785. The Morgan fingerprint density at radius 3 is 2.23 bits per heavy atom. The second-order valence-corrected chi connectivity index (χ2v) is 8.89. The number of benzene rings is 2. The van der Waals surface area contributed by atoms with E-state index in [1.807, 2.05) is 38.1 Å². The van der Waals surface area contributed by atoms with E-state index in [1.54, 1.807) is 30.3 Å². The maximum absolute atomic E-state index is 13.0. The molecule has 3 aromatic rings. The topological polar surface area (TPSA) is 79.6 Å². The Morgan fingerprint density at radius 1 is 0.968 bits per heavy atom. The molecule has 6 nitrogen and oxygen atoms in total. The molecule has 0 unspecified atom stereocenters. The lowest BCUT2D eigenvalue weighted by molar-refractivity contribution is -0.122. The molecule has 4 amide bonds. The van der Waals surface area contributed by atoms with E-state index < -0.39 is 17.8 Å². The molecule has 0 aliphatic carbocycles. The number of carbonyl (C=O) groups excluding carboxylic acids is 3. The minimum Gasteiger partial charge on any atom is -0.449 e. The van der Waals surface area contributed by atoms with E-state index in [4.69, 9.17) is 4.42 Å². The smallest absolute Gasteiger partial charge is 0.335 e. The lowest BCUT2D eigenvalue weighted by Gasteiger charge is -2.26. The van der Waals surface area contributed by atoms with Crippen LogP contribution in [0.4, 0.5) is 10.5 Å². The summed E-state index contributed by atoms with van der Waals surface area (Å²) in [6, 6.07) is 15.7. The van der Waals surface area contributed by atoms with Crippen LogP contribution in [0.3, 0.4) is 0 Å². The molecule has 0 radical (unpaired) electrons. The fourth-order valence-corrected chi connectivity index (χ4v) is 4.28. The number of nitrogens with one attached hydrogen (secondary N) is 1. The van der Waals surface area contributed by atoms with Crippen molar-refractivity contribution < 1.29 is 18.8 Å². The average molecular weight is 497 g/mol. The first-order valence-corrected chi connectivity index (χ1v) is 10.9. The molecule has 2 heterocycles. The van der Waals surface area contributed by atoms with Crippen molar-refractivity contribution in [2.75, 3.05) is 4.90 Å². The van der Waals surface area contributed by atoms with Gasteiger partial charge in [0.15, 0.2) is 5.09 Å². The summed E-state index contributed by atoms with van der Waals surface area (Å²) in [5, 5.41) is 2.80. The number of anilines is 1. The Bertz CT molecular complexity index is 1210. The molecular formula is C23H17BrN2O4S. The van der Waals surface area contributed by atoms with Gasteiger partial charge in [0.05, 0.1) is 10.2 Å². The molecule has 1 aliphatic heterocycles. The molecule has 0 spiro atoms. The average Bonchev–Trinajstić information content (AvgIpc) is 3.07. The Labute approximate surface area is 191 Å². The number of imide groups is 2. The van der Waals surface area contributed by atoms with E-state index >= 15 is 0 Å². The lowest BCUT2D eigenvalue weighted by Crippen LogP contribution is -2.54. The summed E-state index contributed by atoms with van der Waals surface area (Å²) in [6.45, 7) is 3.91. The van der Waals surface area contributed by atoms with Crippen molar-refractivity contribution in [3.63, 3.8) is 0 Å². The van der Waals surface area contributed by atoms with Crippen LogP contribution >= 0.6 is 27.7 Å². The second kappa shape index (κ2) is 8.56. The Hall–Kier alpha value is -3.10. The molecule has 1 fully saturated rings. The van der Waals surface area contributed by atoms with Gasteiger partial charge in [-0.2, -0.15) is 0 Å². The summed E-state index contributed by atoms with van der Waals surface area (Å²) in [5.74, 6) is -1.16. The predicted molar refractivity (Wildman–Crippen MR) is 122 cm³/mol. The van der Waals surface area contributed by atoms with Crippen LogP contribution in [-0.4, -0.2) is 17.8 Å². The zero-order valence-electron chi connectivity index (χ0n) is 16.6. The summed E-state index contributed by atoms with van der Waals surface area (Å²) in [5.41, 5.74) is 2.33. The van der Waals surface area contributed by atoms with E-state index in [1.165, 1.54) is 17.8 Å². The van der Waals surface area contributed by atoms with Gasteiger partial charge in [0, 0.05) is 4.90 Å². The molecule has 1 saturated heterocycles. The standard InChI is InChI=1S/C23H17BrN2O4S/c1-13-3-7-15(8-4-13)26-21(28)18(20(27)25-23(26)29)11-16-12-19(24)22(30-16)31-17-9-5-14(2)6-10-17/h3-12H,1-2H3,(H,25,27,29)/b18-11+. The largest absolute Gasteiger partial charge is 0.449 e. The van der Waals surface area contributed by atoms with Crippen LogP contribution in [-0.2, 0) is 9.59 Å². The number of nitrogens with zero attached hydrogens (tertiary/aromatic N) is 1. The van der Waals surface area contributed by atoms with Crippen LogP contribution < -0.4 is 10.2 Å². The molecule has 156 valence electrons. The maximum atomic E-state index is 13.0. The van der Waals surface area contributed by atoms with Crippen LogP contribution in [0, 0.1) is 13.8 Å². The fraction of sp³-hybridized carbons (Fsp3) is 0.0870. The van der Waals surface area contributed by atoms with E-state index in [0.717, 1.165) is 20.9 Å². The number of halogens is 1. The van der Waals surface area contributed by atoms with Gasteiger partial charge in [0.1, 0.15) is 11.3 Å². The van der Waals surface area contributed by atoms with Crippen molar-refractivity contribution in [1.29, 1.82) is 0 Å². The highest BCUT2D eigenvalue weighted by atomic mass is 79.9. The minimum absolute atomic E-state index is 0.187. The Morgan fingerprint density at radius 2 is 1.58 bits per heavy atom. The van der Waals surface area contributed by atoms with Gasteiger partial charge in [-0.15, -0.1) is 0 Å². The number of amides is 4. The van der Waals surface area contributed by atoms with Crippen molar-refractivity contribution >= 4 is 57.3 Å². The Kier molecular flexibility index (Phi) is 5.84. The van der Waals surface area contributed by atoms with Gasteiger partial charge in [-0.3, -0.25) is 14.9 Å². The number of rotatable bonds is 4. The molecule has 31 heavy (non-hydrogen) atoms. The first-order valence-electron chi connectivity index (χ1n) is 9.34. The van der Waals surface area contributed by atoms with E-state index in [0.29, 0.717) is 21.0 Å². The van der Waals surface area contributed by atoms with Gasteiger partial charge in [0.25, 0.3) is 11.8 Å². The number of barbiturate groups is 1. The van der Waals surface area contributed by atoms with Gasteiger partial charge >= 0.3 is 6.03 Å². The fourth-order valence-electron chi connectivity index (χ4n) is 2.95. The molecule has 8 heteroatoms. The first kappa shape index (κ1) is 21.1. The van der Waals surface area contributed by atoms with E-state index in [-0.39, 0.29) is 5.57 Å². The molecular weight excluding hydrogens is 480 g/mol. The van der Waals surface area contributed by atoms with Crippen LogP contribution in [0.1, 0.15) is 16.9 Å². The van der Waals surface area contributed by atoms with Crippen molar-refractivity contribution in [2.45, 2.75) is 23.8 Å². The third-order valence-corrected chi connectivity index (χ3v) is 6.43. The van der Waals surface area contributed by atoms with Crippen LogP contribution in [0.25, 0.3) is 6.08 Å². The zero-order valence-corrected chi connectivity index (χ0v) is 19.0. The summed E-state index contributed by atoms with van der Waals surface area (Å²) in [6.07, 6.45) is 1.34. The second-order valence-electron chi connectivity index (χ2n) is 6.99. The predicted octanol–water partition coefficient (Wildman–Crippen LogP) is 5.48. The Balaban J connectivity index is 1.63. The highest BCUT2D eigenvalue weighted by molar-refractivity contribution is 9.10. The van der Waals surface area contributed by atoms with Crippen molar-refractivity contribution in [2.24, 2.45) is 0 Å². The van der Waals surface area contributed by atoms with Crippen molar-refractivity contribution in [3.05, 3.63) is 81.5 Å². The third-order valence-electron chi connectivity index (χ3n) is 4.59. The normalized spacial score (nSPS) is 15.5. The van der Waals surface area contributed by atoms with Crippen molar-refractivity contribution in [3.8, 4) is 0 Å². The SMILES string of the molecule is Cc1ccc(Sc2oc(/C=C3\C(=O)NC(=O)N(c4ccc(C)cc4)C3=O)cc2Br)cc1. The van der Waals surface area contributed by atoms with Gasteiger partial charge in [-0.25, -0.2) is 9.69 Å². The van der Waals surface area contributed by atoms with Gasteiger partial charge in [-0.1, -0.05) is 47.2 Å². The molecule has 0 bridgehead atoms. The molecule has 4 rings (SSSR count). The quantitative estimate of drug-likeness (QED) is 0.382. The van der Waals surface area contributed by atoms with Crippen LogP contribution in [0.15, 0.2) is 79.0 Å². The number of aryl methyl sites for hydroxylation is 2. The summed E-state index contributed by atoms with van der Waals surface area (Å²) >= 11 is 4.87. The first-order chi connectivity index (χ1) is 14.8. The molecule has 0 saturated carbocycles. The number of carbonyl (C=O) groups is 3. The summed E-state index contributed by atoms with van der Waals surface area (Å²) in [7, 11) is 0. The van der Waals surface area contributed by atoms with E-state index in [2.05, 4.69) is 21.2 Å². The summed E-state index contributed by atoms with van der Waals surface area (Å²) < 4.78 is 6.53. The van der Waals surface area contributed by atoms with Crippen LogP contribution in [0.5, 0.6) is 0 Å².